The first-order chi connectivity index (χ1) is 11.1. The van der Waals surface area contributed by atoms with Crippen LogP contribution in [0.4, 0.5) is 29.3 Å². The fourth-order valence-electron chi connectivity index (χ4n) is 1.75. The van der Waals surface area contributed by atoms with Gasteiger partial charge in [0.2, 0.25) is 0 Å². The molecule has 2 aromatic rings. The highest BCUT2D eigenvalue weighted by atomic mass is 35.5. The van der Waals surface area contributed by atoms with E-state index in [1.165, 1.54) is 24.3 Å². The van der Waals surface area contributed by atoms with Crippen molar-refractivity contribution in [2.75, 3.05) is 10.6 Å². The Kier molecular flexibility index (Phi) is 5.69. The second-order valence-electron chi connectivity index (χ2n) is 4.46. The number of hydrogen-bond donors (Lipinski definition) is 2. The van der Waals surface area contributed by atoms with E-state index in [0.717, 1.165) is 12.1 Å². The summed E-state index contributed by atoms with van der Waals surface area (Å²) in [7, 11) is 0. The normalized spacial score (nSPS) is 11.1. The van der Waals surface area contributed by atoms with Gasteiger partial charge in [-0.1, -0.05) is 34.8 Å². The second-order valence-corrected chi connectivity index (χ2v) is 5.77. The summed E-state index contributed by atoms with van der Waals surface area (Å²) in [6, 6.07) is 6.85. The molecule has 0 radical (unpaired) electrons. The number of carbonyl (C=O) groups is 1. The van der Waals surface area contributed by atoms with Gasteiger partial charge in [0, 0.05) is 32.5 Å². The van der Waals surface area contributed by atoms with Crippen molar-refractivity contribution in [3.63, 3.8) is 0 Å². The van der Waals surface area contributed by atoms with Gasteiger partial charge in [-0.15, -0.1) is 13.2 Å². The molecule has 10 heteroatoms. The van der Waals surface area contributed by atoms with Gasteiger partial charge in [0.25, 0.3) is 0 Å². The second kappa shape index (κ2) is 7.38. The smallest absolute Gasteiger partial charge is 0.406 e. The summed E-state index contributed by atoms with van der Waals surface area (Å²) < 4.78 is 40.5. The maximum atomic E-state index is 12.2. The van der Waals surface area contributed by atoms with Gasteiger partial charge in [-0.2, -0.15) is 0 Å². The Morgan fingerprint density at radius 1 is 0.833 bits per heavy atom. The van der Waals surface area contributed by atoms with E-state index < -0.39 is 18.1 Å². The highest BCUT2D eigenvalue weighted by Crippen LogP contribution is 2.29. The molecule has 0 fully saturated rings. The molecule has 128 valence electrons. The first-order valence-corrected chi connectivity index (χ1v) is 7.34. The van der Waals surface area contributed by atoms with Gasteiger partial charge < -0.3 is 15.4 Å². The number of halogens is 6. The van der Waals surface area contributed by atoms with Crippen LogP contribution in [0.5, 0.6) is 5.75 Å². The van der Waals surface area contributed by atoms with Crippen molar-refractivity contribution in [2.24, 2.45) is 0 Å². The van der Waals surface area contributed by atoms with E-state index in [2.05, 4.69) is 15.4 Å². The average molecular weight is 400 g/mol. The quantitative estimate of drug-likeness (QED) is 0.646. The molecule has 0 saturated heterocycles. The van der Waals surface area contributed by atoms with E-state index in [1.54, 1.807) is 0 Å². The number of hydrogen-bond acceptors (Lipinski definition) is 2. The number of nitrogens with one attached hydrogen (secondary N) is 2. The zero-order valence-electron chi connectivity index (χ0n) is 11.5. The van der Waals surface area contributed by atoms with E-state index in [0.29, 0.717) is 15.7 Å². The van der Waals surface area contributed by atoms with Crippen molar-refractivity contribution >= 4 is 52.2 Å². The molecule has 0 saturated carbocycles. The molecule has 2 rings (SSSR count). The highest BCUT2D eigenvalue weighted by Gasteiger charge is 2.31. The lowest BCUT2D eigenvalue weighted by Gasteiger charge is -2.12. The molecule has 0 aliphatic carbocycles. The van der Waals surface area contributed by atoms with Crippen molar-refractivity contribution in [2.45, 2.75) is 6.36 Å². The number of urea groups is 1. The molecule has 2 aromatic carbocycles. The van der Waals surface area contributed by atoms with Gasteiger partial charge in [-0.05, 0) is 30.3 Å². The number of rotatable bonds is 3. The summed E-state index contributed by atoms with van der Waals surface area (Å²) in [6.45, 7) is 0. The molecule has 2 N–H and O–H groups in total. The van der Waals surface area contributed by atoms with E-state index in [9.17, 15) is 18.0 Å². The van der Waals surface area contributed by atoms with Crippen molar-refractivity contribution in [3.05, 3.63) is 51.5 Å². The monoisotopic (exact) mass is 398 g/mol. The average Bonchev–Trinajstić information content (AvgIpc) is 2.33. The molecule has 24 heavy (non-hydrogen) atoms. The Bertz CT molecular complexity index is 749. The topological polar surface area (TPSA) is 50.4 Å². The summed E-state index contributed by atoms with van der Waals surface area (Å²) in [6.07, 6.45) is -4.87. The molecular formula is C14H8Cl3F3N2O2. The van der Waals surface area contributed by atoms with Crippen LogP contribution in [0.15, 0.2) is 36.4 Å². The zero-order valence-corrected chi connectivity index (χ0v) is 13.8. The fraction of sp³-hybridized carbons (Fsp3) is 0.0714. The molecule has 0 unspecified atom stereocenters. The summed E-state index contributed by atoms with van der Waals surface area (Å²) in [4.78, 5) is 11.9. The van der Waals surface area contributed by atoms with Crippen LogP contribution in [0.3, 0.4) is 0 Å². The molecule has 0 atom stereocenters. The van der Waals surface area contributed by atoms with Gasteiger partial charge in [0.15, 0.2) is 0 Å². The number of alkyl halides is 3. The van der Waals surface area contributed by atoms with Crippen molar-refractivity contribution in [1.82, 2.24) is 0 Å². The number of anilines is 2. The third-order valence-electron chi connectivity index (χ3n) is 2.48. The lowest BCUT2D eigenvalue weighted by molar-refractivity contribution is -0.274. The predicted octanol–water partition coefficient (Wildman–Crippen LogP) is 6.19. The summed E-state index contributed by atoms with van der Waals surface area (Å²) in [5.74, 6) is -0.559. The molecule has 4 nitrogen and oxygen atoms in total. The Balaban J connectivity index is 2.11. The van der Waals surface area contributed by atoms with Gasteiger partial charge in [0.05, 0.1) is 0 Å². The van der Waals surface area contributed by atoms with Crippen LogP contribution in [0.1, 0.15) is 0 Å². The van der Waals surface area contributed by atoms with Crippen LogP contribution in [0.25, 0.3) is 0 Å². The van der Waals surface area contributed by atoms with Crippen LogP contribution in [-0.2, 0) is 0 Å². The SMILES string of the molecule is O=C(Nc1cc(Cl)cc(Cl)c1)Nc1cc(Cl)cc(OC(F)(F)F)c1. The lowest BCUT2D eigenvalue weighted by Crippen LogP contribution is -2.20. The molecule has 0 aliphatic rings. The van der Waals surface area contributed by atoms with E-state index in [1.807, 2.05) is 0 Å². The molecule has 0 spiro atoms. The Morgan fingerprint density at radius 2 is 1.29 bits per heavy atom. The van der Waals surface area contributed by atoms with E-state index >= 15 is 0 Å². The Hall–Kier alpha value is -1.83. The summed E-state index contributed by atoms with van der Waals surface area (Å²) in [5.41, 5.74) is 0.311. The van der Waals surface area contributed by atoms with Gasteiger partial charge in [-0.3, -0.25) is 0 Å². The molecular weight excluding hydrogens is 392 g/mol. The molecule has 0 heterocycles. The maximum absolute atomic E-state index is 12.2. The Labute approximate surface area is 149 Å². The first kappa shape index (κ1) is 18.5. The summed E-state index contributed by atoms with van der Waals surface area (Å²) in [5, 5.41) is 5.33. The Morgan fingerprint density at radius 3 is 1.79 bits per heavy atom. The van der Waals surface area contributed by atoms with E-state index in [-0.39, 0.29) is 10.7 Å². The minimum absolute atomic E-state index is 0.00683. The number of amides is 2. The van der Waals surface area contributed by atoms with Gasteiger partial charge in [0.1, 0.15) is 5.75 Å². The van der Waals surface area contributed by atoms with Gasteiger partial charge >= 0.3 is 12.4 Å². The predicted molar refractivity (Wildman–Crippen MR) is 87.2 cm³/mol. The standard InChI is InChI=1S/C14H8Cl3F3N2O2/c15-7-1-8(16)3-10(2-7)21-13(23)22-11-4-9(17)5-12(6-11)24-14(18,19)20/h1-6H,(H2,21,22,23). The fourth-order valence-corrected chi connectivity index (χ4v) is 2.50. The van der Waals surface area contributed by atoms with Crippen LogP contribution < -0.4 is 15.4 Å². The minimum Gasteiger partial charge on any atom is -0.406 e. The van der Waals surface area contributed by atoms with Crippen LogP contribution >= 0.6 is 34.8 Å². The van der Waals surface area contributed by atoms with Crippen LogP contribution in [0, 0.1) is 0 Å². The molecule has 0 bridgehead atoms. The van der Waals surface area contributed by atoms with Crippen molar-refractivity contribution in [1.29, 1.82) is 0 Å². The number of ether oxygens (including phenoxy) is 1. The third kappa shape index (κ3) is 5.99. The minimum atomic E-state index is -4.87. The number of benzene rings is 2. The van der Waals surface area contributed by atoms with Gasteiger partial charge in [-0.25, -0.2) is 4.79 Å². The van der Waals surface area contributed by atoms with Crippen LogP contribution in [0.2, 0.25) is 15.1 Å². The zero-order chi connectivity index (χ0) is 17.9. The summed E-state index contributed by atoms with van der Waals surface area (Å²) >= 11 is 17.3. The molecule has 0 aromatic heterocycles. The van der Waals surface area contributed by atoms with Crippen molar-refractivity contribution in [3.8, 4) is 5.75 Å². The van der Waals surface area contributed by atoms with E-state index in [4.69, 9.17) is 34.8 Å². The molecule has 0 aliphatic heterocycles. The lowest BCUT2D eigenvalue weighted by atomic mass is 10.3. The maximum Gasteiger partial charge on any atom is 0.573 e. The number of carbonyl (C=O) groups excluding carboxylic acids is 1. The van der Waals surface area contributed by atoms with Crippen molar-refractivity contribution < 1.29 is 22.7 Å². The largest absolute Gasteiger partial charge is 0.573 e. The highest BCUT2D eigenvalue weighted by molar-refractivity contribution is 6.35. The molecule has 2 amide bonds. The first-order valence-electron chi connectivity index (χ1n) is 6.21. The third-order valence-corrected chi connectivity index (χ3v) is 3.14. The van der Waals surface area contributed by atoms with Crippen LogP contribution in [-0.4, -0.2) is 12.4 Å².